The fourth-order valence-electron chi connectivity index (χ4n) is 0.683. The number of aromatic nitrogens is 1. The molecule has 0 radical (unpaired) electrons. The number of pyridine rings is 1. The smallest absolute Gasteiger partial charge is 0.0641 e. The van der Waals surface area contributed by atoms with E-state index in [1.165, 1.54) is 0 Å². The fourth-order valence-corrected chi connectivity index (χ4v) is 0.851. The van der Waals surface area contributed by atoms with Crippen molar-refractivity contribution >= 4 is 17.7 Å². The van der Waals surface area contributed by atoms with E-state index in [0.29, 0.717) is 0 Å². The van der Waals surface area contributed by atoms with Crippen LogP contribution in [0, 0.1) is 0 Å². The fraction of sp³-hybridized carbons (Fsp3) is 0.125. The third-order valence-corrected chi connectivity index (χ3v) is 1.32. The average Bonchev–Trinajstić information content (AvgIpc) is 1.88. The summed E-state index contributed by atoms with van der Waals surface area (Å²) in [4.78, 5) is 4.06. The van der Waals surface area contributed by atoms with E-state index in [4.69, 9.17) is 11.6 Å². The van der Waals surface area contributed by atoms with Crippen molar-refractivity contribution in [2.24, 2.45) is 0 Å². The predicted molar refractivity (Wildman–Crippen MR) is 44.0 cm³/mol. The Hall–Kier alpha value is -0.820. The summed E-state index contributed by atoms with van der Waals surface area (Å²) in [5, 5.41) is 0.725. The number of hydrogen-bond donors (Lipinski definition) is 0. The van der Waals surface area contributed by atoms with E-state index >= 15 is 0 Å². The lowest BCUT2D eigenvalue weighted by Crippen LogP contribution is -1.76. The summed E-state index contributed by atoms with van der Waals surface area (Å²) in [7, 11) is 0. The summed E-state index contributed by atoms with van der Waals surface area (Å²) >= 11 is 5.71. The van der Waals surface area contributed by atoms with Crippen LogP contribution in [0.3, 0.4) is 0 Å². The first kappa shape index (κ1) is 7.29. The van der Waals surface area contributed by atoms with Gasteiger partial charge >= 0.3 is 0 Å². The molecule has 0 N–H and O–H groups in total. The Bertz CT molecular complexity index is 243. The zero-order valence-electron chi connectivity index (χ0n) is 5.71. The SMILES string of the molecule is C/C=C/c1cc(Cl)ccn1. The van der Waals surface area contributed by atoms with Gasteiger partial charge in [-0.2, -0.15) is 0 Å². The van der Waals surface area contributed by atoms with Crippen molar-refractivity contribution in [2.45, 2.75) is 6.92 Å². The lowest BCUT2D eigenvalue weighted by atomic mass is 10.3. The molecule has 52 valence electrons. The molecule has 1 aromatic heterocycles. The highest BCUT2D eigenvalue weighted by atomic mass is 35.5. The first-order valence-corrected chi connectivity index (χ1v) is 3.45. The van der Waals surface area contributed by atoms with Gasteiger partial charge in [-0.25, -0.2) is 0 Å². The van der Waals surface area contributed by atoms with Crippen LogP contribution in [0.1, 0.15) is 12.6 Å². The van der Waals surface area contributed by atoms with Crippen LogP contribution in [0.2, 0.25) is 5.02 Å². The highest BCUT2D eigenvalue weighted by Gasteiger charge is 1.87. The highest BCUT2D eigenvalue weighted by molar-refractivity contribution is 6.30. The van der Waals surface area contributed by atoms with Crippen molar-refractivity contribution in [3.63, 3.8) is 0 Å². The standard InChI is InChI=1S/C8H8ClN/c1-2-3-8-6-7(9)4-5-10-8/h2-6H,1H3/b3-2+. The molecule has 0 saturated heterocycles. The van der Waals surface area contributed by atoms with Crippen molar-refractivity contribution in [3.8, 4) is 0 Å². The second kappa shape index (κ2) is 3.37. The van der Waals surface area contributed by atoms with Crippen LogP contribution in [-0.4, -0.2) is 4.98 Å². The lowest BCUT2D eigenvalue weighted by Gasteiger charge is -1.90. The van der Waals surface area contributed by atoms with Crippen LogP contribution in [0.4, 0.5) is 0 Å². The molecule has 1 heterocycles. The second-order valence-corrected chi connectivity index (χ2v) is 2.34. The molecule has 0 unspecified atom stereocenters. The van der Waals surface area contributed by atoms with E-state index in [9.17, 15) is 0 Å². The molecular formula is C8H8ClN. The van der Waals surface area contributed by atoms with Gasteiger partial charge in [-0.3, -0.25) is 4.98 Å². The van der Waals surface area contributed by atoms with Gasteiger partial charge in [0.15, 0.2) is 0 Å². The molecule has 2 heteroatoms. The van der Waals surface area contributed by atoms with E-state index in [-0.39, 0.29) is 0 Å². The van der Waals surface area contributed by atoms with E-state index in [1.54, 1.807) is 12.3 Å². The Morgan fingerprint density at radius 3 is 3.00 bits per heavy atom. The van der Waals surface area contributed by atoms with Gasteiger partial charge in [-0.05, 0) is 25.1 Å². The van der Waals surface area contributed by atoms with E-state index < -0.39 is 0 Å². The minimum Gasteiger partial charge on any atom is -0.257 e. The number of nitrogens with zero attached hydrogens (tertiary/aromatic N) is 1. The van der Waals surface area contributed by atoms with Crippen molar-refractivity contribution < 1.29 is 0 Å². The topological polar surface area (TPSA) is 12.9 Å². The molecule has 0 aromatic carbocycles. The van der Waals surface area contributed by atoms with Gasteiger partial charge in [0.1, 0.15) is 0 Å². The van der Waals surface area contributed by atoms with Gasteiger partial charge in [0, 0.05) is 11.2 Å². The molecule has 0 aliphatic rings. The molecule has 0 fully saturated rings. The minimum atomic E-state index is 0.725. The van der Waals surface area contributed by atoms with E-state index in [0.717, 1.165) is 10.7 Å². The van der Waals surface area contributed by atoms with Gasteiger partial charge in [-0.15, -0.1) is 0 Å². The average molecular weight is 154 g/mol. The maximum Gasteiger partial charge on any atom is 0.0641 e. The lowest BCUT2D eigenvalue weighted by molar-refractivity contribution is 1.29. The summed E-state index contributed by atoms with van der Waals surface area (Å²) in [6.07, 6.45) is 5.53. The Morgan fingerprint density at radius 2 is 2.40 bits per heavy atom. The quantitative estimate of drug-likeness (QED) is 0.605. The molecule has 0 spiro atoms. The summed E-state index contributed by atoms with van der Waals surface area (Å²) in [5.74, 6) is 0. The Morgan fingerprint density at radius 1 is 1.60 bits per heavy atom. The molecule has 1 nitrogen and oxygen atoms in total. The molecule has 0 bridgehead atoms. The molecule has 0 aliphatic carbocycles. The van der Waals surface area contributed by atoms with Crippen LogP contribution < -0.4 is 0 Å². The van der Waals surface area contributed by atoms with Crippen molar-refractivity contribution in [2.75, 3.05) is 0 Å². The number of allylic oxidation sites excluding steroid dienone is 1. The van der Waals surface area contributed by atoms with E-state index in [2.05, 4.69) is 4.98 Å². The van der Waals surface area contributed by atoms with Gasteiger partial charge in [0.25, 0.3) is 0 Å². The van der Waals surface area contributed by atoms with Gasteiger partial charge in [-0.1, -0.05) is 17.7 Å². The molecule has 1 aromatic rings. The first-order chi connectivity index (χ1) is 4.83. The Labute approximate surface area is 65.4 Å². The van der Waals surface area contributed by atoms with Crippen molar-refractivity contribution in [3.05, 3.63) is 35.1 Å². The van der Waals surface area contributed by atoms with Crippen LogP contribution in [-0.2, 0) is 0 Å². The molecule has 0 amide bonds. The maximum absolute atomic E-state index is 5.71. The minimum absolute atomic E-state index is 0.725. The van der Waals surface area contributed by atoms with Crippen LogP contribution in [0.25, 0.3) is 6.08 Å². The summed E-state index contributed by atoms with van der Waals surface area (Å²) in [6.45, 7) is 1.95. The molecule has 1 rings (SSSR count). The van der Waals surface area contributed by atoms with Gasteiger partial charge in [0.05, 0.1) is 5.69 Å². The Balaban J connectivity index is 2.95. The third kappa shape index (κ3) is 1.85. The second-order valence-electron chi connectivity index (χ2n) is 1.90. The maximum atomic E-state index is 5.71. The normalized spacial score (nSPS) is 10.6. The number of hydrogen-bond acceptors (Lipinski definition) is 1. The molecule has 0 atom stereocenters. The first-order valence-electron chi connectivity index (χ1n) is 3.07. The molecule has 0 saturated carbocycles. The van der Waals surface area contributed by atoms with Crippen molar-refractivity contribution in [1.29, 1.82) is 0 Å². The molecule has 10 heavy (non-hydrogen) atoms. The summed E-state index contributed by atoms with van der Waals surface area (Å²) in [5.41, 5.74) is 0.898. The number of rotatable bonds is 1. The van der Waals surface area contributed by atoms with Gasteiger partial charge < -0.3 is 0 Å². The zero-order valence-corrected chi connectivity index (χ0v) is 6.47. The van der Waals surface area contributed by atoms with Crippen LogP contribution in [0.5, 0.6) is 0 Å². The Kier molecular flexibility index (Phi) is 2.46. The van der Waals surface area contributed by atoms with Crippen LogP contribution >= 0.6 is 11.6 Å². The molecule has 0 aliphatic heterocycles. The summed E-state index contributed by atoms with van der Waals surface area (Å²) in [6, 6.07) is 3.58. The third-order valence-electron chi connectivity index (χ3n) is 1.08. The highest BCUT2D eigenvalue weighted by Crippen LogP contribution is 2.08. The monoisotopic (exact) mass is 153 g/mol. The zero-order chi connectivity index (χ0) is 7.40. The largest absolute Gasteiger partial charge is 0.257 e. The predicted octanol–water partition coefficient (Wildman–Crippen LogP) is 2.77. The summed E-state index contributed by atoms with van der Waals surface area (Å²) < 4.78 is 0. The van der Waals surface area contributed by atoms with E-state index in [1.807, 2.05) is 25.1 Å². The number of halogens is 1. The van der Waals surface area contributed by atoms with Gasteiger partial charge in [0.2, 0.25) is 0 Å². The van der Waals surface area contributed by atoms with Crippen molar-refractivity contribution in [1.82, 2.24) is 4.98 Å². The van der Waals surface area contributed by atoms with Crippen LogP contribution in [0.15, 0.2) is 24.4 Å². The molecular weight excluding hydrogens is 146 g/mol.